The van der Waals surface area contributed by atoms with Crippen molar-refractivity contribution in [3.05, 3.63) is 106 Å². The molecule has 1 amide bonds. The summed E-state index contributed by atoms with van der Waals surface area (Å²) in [6, 6.07) is 15.2. The molecule has 0 spiro atoms. The van der Waals surface area contributed by atoms with Gasteiger partial charge in [0, 0.05) is 31.7 Å². The molecule has 158 valence electrons. The molecule has 4 aromatic rings. The fourth-order valence-electron chi connectivity index (χ4n) is 3.32. The van der Waals surface area contributed by atoms with Gasteiger partial charge < -0.3 is 23.6 Å². The molecule has 0 aliphatic heterocycles. The molecule has 0 saturated carbocycles. The van der Waals surface area contributed by atoms with E-state index in [2.05, 4.69) is 10.3 Å². The minimum Gasteiger partial charge on any atom is -0.497 e. The maximum atomic E-state index is 13.0. The van der Waals surface area contributed by atoms with Crippen LogP contribution in [0.4, 0.5) is 0 Å². The molecule has 1 aromatic carbocycles. The van der Waals surface area contributed by atoms with Crippen LogP contribution in [0.1, 0.15) is 33.7 Å². The first-order valence-corrected chi connectivity index (χ1v) is 9.71. The van der Waals surface area contributed by atoms with Gasteiger partial charge in [0.15, 0.2) is 5.76 Å². The van der Waals surface area contributed by atoms with Gasteiger partial charge in [-0.15, -0.1) is 0 Å². The number of aromatic nitrogens is 3. The van der Waals surface area contributed by atoms with Crippen LogP contribution in [0.15, 0.2) is 82.4 Å². The molecule has 1 N–H and O–H groups in total. The second-order valence-electron chi connectivity index (χ2n) is 7.01. The lowest BCUT2D eigenvalue weighted by Crippen LogP contribution is -2.30. The second-order valence-corrected chi connectivity index (χ2v) is 7.01. The van der Waals surface area contributed by atoms with Crippen LogP contribution in [0.25, 0.3) is 0 Å². The van der Waals surface area contributed by atoms with E-state index in [0.29, 0.717) is 17.3 Å². The van der Waals surface area contributed by atoms with Crippen LogP contribution in [0.3, 0.4) is 0 Å². The third kappa shape index (κ3) is 4.42. The Morgan fingerprint density at radius 3 is 2.77 bits per heavy atom. The monoisotopic (exact) mass is 418 g/mol. The highest BCUT2D eigenvalue weighted by Crippen LogP contribution is 2.25. The van der Waals surface area contributed by atoms with Crippen molar-refractivity contribution in [3.63, 3.8) is 0 Å². The van der Waals surface area contributed by atoms with Gasteiger partial charge in [-0.05, 0) is 35.9 Å². The first-order valence-electron chi connectivity index (χ1n) is 9.71. The topological polar surface area (TPSA) is 91.3 Å². The molecule has 0 saturated heterocycles. The van der Waals surface area contributed by atoms with Crippen LogP contribution in [0, 0.1) is 0 Å². The molecule has 4 rings (SSSR count). The predicted octanol–water partition coefficient (Wildman–Crippen LogP) is 2.75. The van der Waals surface area contributed by atoms with E-state index >= 15 is 0 Å². The molecular formula is C23H22N4O4. The average Bonchev–Trinajstić information content (AvgIpc) is 3.42. The van der Waals surface area contributed by atoms with E-state index in [1.54, 1.807) is 43.8 Å². The molecular weight excluding hydrogens is 396 g/mol. The lowest BCUT2D eigenvalue weighted by molar-refractivity contribution is 0.0911. The van der Waals surface area contributed by atoms with Gasteiger partial charge in [0.05, 0.1) is 13.7 Å². The number of rotatable bonds is 7. The van der Waals surface area contributed by atoms with Gasteiger partial charge in [-0.1, -0.05) is 18.2 Å². The van der Waals surface area contributed by atoms with Gasteiger partial charge in [0.1, 0.15) is 23.4 Å². The Morgan fingerprint density at radius 1 is 1.16 bits per heavy atom. The second kappa shape index (κ2) is 8.74. The summed E-state index contributed by atoms with van der Waals surface area (Å²) < 4.78 is 14.4. The summed E-state index contributed by atoms with van der Waals surface area (Å²) in [6.07, 6.45) is 5.17. The predicted molar refractivity (Wildman–Crippen MR) is 114 cm³/mol. The zero-order valence-electron chi connectivity index (χ0n) is 17.2. The molecule has 1 unspecified atom stereocenters. The van der Waals surface area contributed by atoms with E-state index in [4.69, 9.17) is 9.15 Å². The van der Waals surface area contributed by atoms with Crippen LogP contribution < -0.4 is 15.6 Å². The first kappa shape index (κ1) is 20.2. The summed E-state index contributed by atoms with van der Waals surface area (Å²) >= 11 is 0. The van der Waals surface area contributed by atoms with E-state index in [1.165, 1.54) is 10.6 Å². The van der Waals surface area contributed by atoms with Crippen molar-refractivity contribution in [2.24, 2.45) is 7.05 Å². The standard InChI is InChI=1S/C23H22N4O4/c1-26-13-11-24-22(26)21(16-6-5-7-17(14-16)30-2)25-23(29)19-10-9-18(31-19)15-27-12-4-3-8-20(27)28/h3-14,21H,15H2,1-2H3,(H,25,29). The highest BCUT2D eigenvalue weighted by molar-refractivity contribution is 5.92. The summed E-state index contributed by atoms with van der Waals surface area (Å²) in [5.74, 6) is 1.63. The number of imidazole rings is 1. The van der Waals surface area contributed by atoms with Gasteiger partial charge in [0.25, 0.3) is 11.5 Å². The molecule has 0 aliphatic carbocycles. The Kier molecular flexibility index (Phi) is 5.70. The molecule has 0 radical (unpaired) electrons. The minimum atomic E-state index is -0.507. The number of pyridine rings is 1. The van der Waals surface area contributed by atoms with E-state index in [-0.39, 0.29) is 23.8 Å². The molecule has 1 atom stereocenters. The van der Waals surface area contributed by atoms with E-state index < -0.39 is 6.04 Å². The molecule has 0 aliphatic rings. The van der Waals surface area contributed by atoms with Gasteiger partial charge in [-0.25, -0.2) is 4.98 Å². The number of carbonyl (C=O) groups is 1. The van der Waals surface area contributed by atoms with Gasteiger partial charge >= 0.3 is 0 Å². The average molecular weight is 418 g/mol. The number of hydrogen-bond acceptors (Lipinski definition) is 5. The summed E-state index contributed by atoms with van der Waals surface area (Å²) in [7, 11) is 3.46. The van der Waals surface area contributed by atoms with Crippen LogP contribution in [0.5, 0.6) is 5.75 Å². The number of nitrogens with one attached hydrogen (secondary N) is 1. The zero-order chi connectivity index (χ0) is 21.8. The molecule has 3 aromatic heterocycles. The summed E-state index contributed by atoms with van der Waals surface area (Å²) in [5, 5.41) is 2.99. The molecule has 0 bridgehead atoms. The van der Waals surface area contributed by atoms with Crippen molar-refractivity contribution in [1.82, 2.24) is 19.4 Å². The van der Waals surface area contributed by atoms with Crippen LogP contribution in [0.2, 0.25) is 0 Å². The van der Waals surface area contributed by atoms with E-state index in [1.807, 2.05) is 42.1 Å². The van der Waals surface area contributed by atoms with Crippen LogP contribution in [-0.2, 0) is 13.6 Å². The number of furan rings is 1. The normalized spacial score (nSPS) is 11.8. The van der Waals surface area contributed by atoms with Gasteiger partial charge in [0.2, 0.25) is 0 Å². The number of methoxy groups -OCH3 is 1. The van der Waals surface area contributed by atoms with Crippen molar-refractivity contribution >= 4 is 5.91 Å². The Balaban J connectivity index is 1.58. The number of benzene rings is 1. The Bertz CT molecular complexity index is 1250. The summed E-state index contributed by atoms with van der Waals surface area (Å²) in [4.78, 5) is 29.3. The number of carbonyl (C=O) groups excluding carboxylic acids is 1. The first-order chi connectivity index (χ1) is 15.0. The number of ether oxygens (including phenoxy) is 1. The van der Waals surface area contributed by atoms with Crippen molar-refractivity contribution < 1.29 is 13.9 Å². The number of nitrogens with zero attached hydrogens (tertiary/aromatic N) is 3. The smallest absolute Gasteiger partial charge is 0.287 e. The summed E-state index contributed by atoms with van der Waals surface area (Å²) in [5.41, 5.74) is 0.683. The van der Waals surface area contributed by atoms with Crippen LogP contribution >= 0.6 is 0 Å². The fraction of sp³-hybridized carbons (Fsp3) is 0.174. The maximum Gasteiger partial charge on any atom is 0.287 e. The van der Waals surface area contributed by atoms with Crippen molar-refractivity contribution in [1.29, 1.82) is 0 Å². The van der Waals surface area contributed by atoms with E-state index in [9.17, 15) is 9.59 Å². The highest BCUT2D eigenvalue weighted by Gasteiger charge is 2.23. The summed E-state index contributed by atoms with van der Waals surface area (Å²) in [6.45, 7) is 0.242. The molecule has 8 nitrogen and oxygen atoms in total. The van der Waals surface area contributed by atoms with Crippen LogP contribution in [-0.4, -0.2) is 27.1 Å². The third-order valence-electron chi connectivity index (χ3n) is 4.93. The minimum absolute atomic E-state index is 0.141. The zero-order valence-corrected chi connectivity index (χ0v) is 17.2. The highest BCUT2D eigenvalue weighted by atomic mass is 16.5. The Hall–Kier alpha value is -4.07. The van der Waals surface area contributed by atoms with Crippen molar-refractivity contribution in [2.45, 2.75) is 12.6 Å². The lowest BCUT2D eigenvalue weighted by atomic mass is 10.1. The number of aryl methyl sites for hydroxylation is 1. The van der Waals surface area contributed by atoms with Gasteiger partial charge in [-0.2, -0.15) is 0 Å². The molecule has 3 heterocycles. The molecule has 8 heteroatoms. The number of hydrogen-bond donors (Lipinski definition) is 1. The quantitative estimate of drug-likeness (QED) is 0.498. The Morgan fingerprint density at radius 2 is 2.03 bits per heavy atom. The largest absolute Gasteiger partial charge is 0.497 e. The lowest BCUT2D eigenvalue weighted by Gasteiger charge is -2.19. The number of amides is 1. The Labute approximate surface area is 178 Å². The van der Waals surface area contributed by atoms with Crippen molar-refractivity contribution in [3.8, 4) is 5.75 Å². The third-order valence-corrected chi connectivity index (χ3v) is 4.93. The maximum absolute atomic E-state index is 13.0. The van der Waals surface area contributed by atoms with Crippen molar-refractivity contribution in [2.75, 3.05) is 7.11 Å². The van der Waals surface area contributed by atoms with E-state index in [0.717, 1.165) is 5.56 Å². The molecule has 0 fully saturated rings. The van der Waals surface area contributed by atoms with Gasteiger partial charge in [-0.3, -0.25) is 9.59 Å². The molecule has 31 heavy (non-hydrogen) atoms. The SMILES string of the molecule is COc1cccc(C(NC(=O)c2ccc(Cn3ccccc3=O)o2)c2nccn2C)c1. The fourth-order valence-corrected chi connectivity index (χ4v) is 3.32.